The van der Waals surface area contributed by atoms with Crippen molar-refractivity contribution in [2.24, 2.45) is 0 Å². The van der Waals surface area contributed by atoms with Gasteiger partial charge in [-0.15, -0.1) is 0 Å². The highest BCUT2D eigenvalue weighted by atomic mass is 16.6. The number of carbonyl (C=O) groups is 4. The van der Waals surface area contributed by atoms with Crippen molar-refractivity contribution in [3.05, 3.63) is 24.3 Å². The first-order chi connectivity index (χ1) is 12.4. The van der Waals surface area contributed by atoms with Crippen molar-refractivity contribution in [3.8, 4) is 0 Å². The lowest BCUT2D eigenvalue weighted by molar-refractivity contribution is -0.166. The van der Waals surface area contributed by atoms with Crippen LogP contribution in [0.1, 0.15) is 34.1 Å². The predicted octanol–water partition coefficient (Wildman–Crippen LogP) is 0.839. The molecule has 0 aromatic heterocycles. The lowest BCUT2D eigenvalue weighted by Gasteiger charge is -2.16. The second kappa shape index (κ2) is 11.8. The van der Waals surface area contributed by atoms with Crippen LogP contribution in [-0.2, 0) is 38.1 Å². The number of ether oxygens (including phenoxy) is 4. The SMILES string of the molecule is C=C(C)C(=O)OC(C)COC(=O)CC(O)C(=O)OCC(C)OC(=O)C(=C)C. The molecule has 3 unspecified atom stereocenters. The van der Waals surface area contributed by atoms with Gasteiger partial charge in [-0.3, -0.25) is 4.79 Å². The molecule has 0 saturated carbocycles. The Kier molecular flexibility index (Phi) is 10.7. The molecule has 0 aliphatic heterocycles. The van der Waals surface area contributed by atoms with Crippen LogP contribution in [0.3, 0.4) is 0 Å². The number of carbonyl (C=O) groups excluding carboxylic acids is 4. The Morgan fingerprint density at radius 3 is 1.67 bits per heavy atom. The molecule has 27 heavy (non-hydrogen) atoms. The van der Waals surface area contributed by atoms with Crippen molar-refractivity contribution in [2.45, 2.75) is 52.4 Å². The molecule has 0 rings (SSSR count). The van der Waals surface area contributed by atoms with Gasteiger partial charge in [0.2, 0.25) is 0 Å². The van der Waals surface area contributed by atoms with Gasteiger partial charge < -0.3 is 24.1 Å². The Morgan fingerprint density at radius 2 is 1.26 bits per heavy atom. The van der Waals surface area contributed by atoms with E-state index in [9.17, 15) is 24.3 Å². The van der Waals surface area contributed by atoms with E-state index in [1.165, 1.54) is 27.7 Å². The van der Waals surface area contributed by atoms with E-state index in [1.807, 2.05) is 0 Å². The van der Waals surface area contributed by atoms with Gasteiger partial charge in [0.1, 0.15) is 25.4 Å². The van der Waals surface area contributed by atoms with Crippen molar-refractivity contribution in [1.29, 1.82) is 0 Å². The highest BCUT2D eigenvalue weighted by molar-refractivity contribution is 5.87. The van der Waals surface area contributed by atoms with Crippen LogP contribution >= 0.6 is 0 Å². The fourth-order valence-corrected chi connectivity index (χ4v) is 1.44. The molecule has 0 aromatic carbocycles. The molecular weight excluding hydrogens is 360 g/mol. The van der Waals surface area contributed by atoms with Crippen LogP contribution in [0, 0.1) is 0 Å². The summed E-state index contributed by atoms with van der Waals surface area (Å²) in [6, 6.07) is 0. The zero-order valence-electron chi connectivity index (χ0n) is 16.0. The summed E-state index contributed by atoms with van der Waals surface area (Å²) >= 11 is 0. The standard InChI is InChI=1S/C18H26O9/c1-10(2)16(21)26-12(5)8-24-15(20)7-14(19)18(23)25-9-13(6)27-17(22)11(3)4/h12-14,19H,1,3,7-9H2,2,4-6H3. The lowest BCUT2D eigenvalue weighted by Crippen LogP contribution is -2.31. The lowest BCUT2D eigenvalue weighted by atomic mass is 10.2. The second-order valence-electron chi connectivity index (χ2n) is 6.03. The zero-order valence-corrected chi connectivity index (χ0v) is 16.0. The van der Waals surface area contributed by atoms with Crippen molar-refractivity contribution in [2.75, 3.05) is 13.2 Å². The maximum atomic E-state index is 11.6. The summed E-state index contributed by atoms with van der Waals surface area (Å²) in [7, 11) is 0. The average molecular weight is 386 g/mol. The number of esters is 4. The molecular formula is C18H26O9. The molecule has 0 aromatic rings. The van der Waals surface area contributed by atoms with Crippen LogP contribution in [0.15, 0.2) is 24.3 Å². The minimum atomic E-state index is -1.74. The van der Waals surface area contributed by atoms with Crippen molar-refractivity contribution in [1.82, 2.24) is 0 Å². The first kappa shape index (κ1) is 24.3. The van der Waals surface area contributed by atoms with Gasteiger partial charge in [0.15, 0.2) is 6.10 Å². The van der Waals surface area contributed by atoms with Crippen LogP contribution in [0.2, 0.25) is 0 Å². The third-order valence-electron chi connectivity index (χ3n) is 2.88. The summed E-state index contributed by atoms with van der Waals surface area (Å²) in [5.74, 6) is -3.20. The van der Waals surface area contributed by atoms with Crippen LogP contribution in [0.25, 0.3) is 0 Å². The molecule has 0 amide bonds. The third kappa shape index (κ3) is 10.8. The Balaban J connectivity index is 4.18. The van der Waals surface area contributed by atoms with E-state index in [1.54, 1.807) is 0 Å². The second-order valence-corrected chi connectivity index (χ2v) is 6.03. The minimum absolute atomic E-state index is 0.194. The summed E-state index contributed by atoms with van der Waals surface area (Å²) in [6.45, 7) is 12.2. The van der Waals surface area contributed by atoms with Crippen LogP contribution in [0.4, 0.5) is 0 Å². The molecule has 0 radical (unpaired) electrons. The van der Waals surface area contributed by atoms with Gasteiger partial charge in [-0.25, -0.2) is 14.4 Å². The molecule has 9 heteroatoms. The smallest absolute Gasteiger partial charge is 0.335 e. The molecule has 0 aliphatic carbocycles. The van der Waals surface area contributed by atoms with Crippen LogP contribution in [0.5, 0.6) is 0 Å². The Hall–Kier alpha value is -2.68. The van der Waals surface area contributed by atoms with Crippen molar-refractivity contribution < 1.29 is 43.2 Å². The average Bonchev–Trinajstić information content (AvgIpc) is 2.57. The highest BCUT2D eigenvalue weighted by Crippen LogP contribution is 2.04. The maximum absolute atomic E-state index is 11.6. The summed E-state index contributed by atoms with van der Waals surface area (Å²) in [6.07, 6.45) is -3.85. The van der Waals surface area contributed by atoms with Gasteiger partial charge in [0.25, 0.3) is 0 Å². The molecule has 3 atom stereocenters. The van der Waals surface area contributed by atoms with E-state index in [0.29, 0.717) is 0 Å². The summed E-state index contributed by atoms with van der Waals surface area (Å²) in [5.41, 5.74) is 0.397. The van der Waals surface area contributed by atoms with Crippen LogP contribution < -0.4 is 0 Å². The van der Waals surface area contributed by atoms with Crippen molar-refractivity contribution >= 4 is 23.9 Å². The number of aliphatic hydroxyl groups excluding tert-OH is 1. The zero-order chi connectivity index (χ0) is 21.1. The van der Waals surface area contributed by atoms with E-state index >= 15 is 0 Å². The first-order valence-electron chi connectivity index (χ1n) is 8.17. The molecule has 0 heterocycles. The van der Waals surface area contributed by atoms with Crippen LogP contribution in [-0.4, -0.2) is 60.5 Å². The number of aliphatic hydroxyl groups is 1. The van der Waals surface area contributed by atoms with Crippen molar-refractivity contribution in [3.63, 3.8) is 0 Å². The molecule has 0 spiro atoms. The molecule has 0 fully saturated rings. The third-order valence-corrected chi connectivity index (χ3v) is 2.88. The molecule has 152 valence electrons. The molecule has 0 aliphatic rings. The van der Waals surface area contributed by atoms with Gasteiger partial charge in [0.05, 0.1) is 6.42 Å². The Bertz CT molecular complexity index is 594. The summed E-state index contributed by atoms with van der Waals surface area (Å²) in [5, 5.41) is 9.66. The van der Waals surface area contributed by atoms with Gasteiger partial charge in [-0.2, -0.15) is 0 Å². The Morgan fingerprint density at radius 1 is 0.852 bits per heavy atom. The fraction of sp³-hybridized carbons (Fsp3) is 0.556. The Labute approximate surface area is 157 Å². The quantitative estimate of drug-likeness (QED) is 0.312. The highest BCUT2D eigenvalue weighted by Gasteiger charge is 2.23. The van der Waals surface area contributed by atoms with E-state index in [-0.39, 0.29) is 24.4 Å². The summed E-state index contributed by atoms with van der Waals surface area (Å²) < 4.78 is 19.4. The molecule has 1 N–H and O–H groups in total. The first-order valence-corrected chi connectivity index (χ1v) is 8.17. The minimum Gasteiger partial charge on any atom is -0.462 e. The topological polar surface area (TPSA) is 125 Å². The fourth-order valence-electron chi connectivity index (χ4n) is 1.44. The number of hydrogen-bond acceptors (Lipinski definition) is 9. The largest absolute Gasteiger partial charge is 0.462 e. The molecule has 0 saturated heterocycles. The van der Waals surface area contributed by atoms with E-state index in [4.69, 9.17) is 18.9 Å². The van der Waals surface area contributed by atoms with Gasteiger partial charge in [-0.1, -0.05) is 13.2 Å². The predicted molar refractivity (Wildman–Crippen MR) is 93.3 cm³/mol. The number of rotatable bonds is 11. The molecule has 9 nitrogen and oxygen atoms in total. The van der Waals surface area contributed by atoms with Gasteiger partial charge in [0, 0.05) is 11.1 Å². The van der Waals surface area contributed by atoms with E-state index in [2.05, 4.69) is 13.2 Å². The van der Waals surface area contributed by atoms with Gasteiger partial charge >= 0.3 is 23.9 Å². The monoisotopic (exact) mass is 386 g/mol. The summed E-state index contributed by atoms with van der Waals surface area (Å²) in [4.78, 5) is 45.9. The molecule has 0 bridgehead atoms. The normalized spacial score (nSPS) is 13.5. The van der Waals surface area contributed by atoms with E-state index < -0.39 is 48.6 Å². The van der Waals surface area contributed by atoms with E-state index in [0.717, 1.165) is 0 Å². The number of hydrogen-bond donors (Lipinski definition) is 1. The maximum Gasteiger partial charge on any atom is 0.335 e. The van der Waals surface area contributed by atoms with Gasteiger partial charge in [-0.05, 0) is 27.7 Å².